The van der Waals surface area contributed by atoms with E-state index in [4.69, 9.17) is 4.74 Å². The van der Waals surface area contributed by atoms with Crippen LogP contribution in [-0.4, -0.2) is 22.5 Å². The van der Waals surface area contributed by atoms with Crippen LogP contribution >= 0.6 is 0 Å². The molecule has 0 saturated heterocycles. The Morgan fingerprint density at radius 2 is 2.14 bits per heavy atom. The number of esters is 1. The van der Waals surface area contributed by atoms with E-state index in [0.717, 1.165) is 23.6 Å². The van der Waals surface area contributed by atoms with E-state index in [-0.39, 0.29) is 5.97 Å². The third kappa shape index (κ3) is 2.44. The lowest BCUT2D eigenvalue weighted by molar-refractivity contribution is -0.0103. The van der Waals surface area contributed by atoms with Crippen molar-refractivity contribution in [3.8, 4) is 0 Å². The SMILES string of the molecule is Cc1ncnc(C(=O)OCCC2=CC[C@H]3C[C@@H]2C3(C)C)c1C. The lowest BCUT2D eigenvalue weighted by Gasteiger charge is -2.56. The number of aryl methyl sites for hydroxylation is 1. The van der Waals surface area contributed by atoms with Crippen LogP contribution in [0.3, 0.4) is 0 Å². The Bertz CT molecular complexity index is 634. The van der Waals surface area contributed by atoms with Gasteiger partial charge in [0.2, 0.25) is 0 Å². The number of rotatable bonds is 4. The average Bonchev–Trinajstić information content (AvgIpc) is 2.50. The topological polar surface area (TPSA) is 52.1 Å². The third-order valence-corrected chi connectivity index (χ3v) is 5.74. The highest BCUT2D eigenvalue weighted by atomic mass is 16.5. The van der Waals surface area contributed by atoms with Crippen LogP contribution in [-0.2, 0) is 4.74 Å². The molecule has 1 fully saturated rings. The fourth-order valence-electron chi connectivity index (χ4n) is 3.83. The predicted octanol–water partition coefficient (Wildman–Crippen LogP) is 3.63. The summed E-state index contributed by atoms with van der Waals surface area (Å²) < 4.78 is 5.43. The van der Waals surface area contributed by atoms with E-state index in [1.54, 1.807) is 0 Å². The fourth-order valence-corrected chi connectivity index (χ4v) is 3.83. The molecule has 4 nitrogen and oxygen atoms in total. The smallest absolute Gasteiger partial charge is 0.357 e. The number of hydrogen-bond acceptors (Lipinski definition) is 4. The van der Waals surface area contributed by atoms with Crippen molar-refractivity contribution in [2.75, 3.05) is 6.61 Å². The molecule has 0 aliphatic heterocycles. The van der Waals surface area contributed by atoms with E-state index in [9.17, 15) is 4.79 Å². The zero-order valence-electron chi connectivity index (χ0n) is 13.8. The molecular weight excluding hydrogens is 276 g/mol. The zero-order valence-corrected chi connectivity index (χ0v) is 13.8. The van der Waals surface area contributed by atoms with Gasteiger partial charge >= 0.3 is 5.97 Å². The standard InChI is InChI=1S/C18H24N2O2/c1-11-12(2)19-10-20-16(11)17(21)22-8-7-13-5-6-14-9-15(13)18(14,3)4/h5,10,14-15H,6-9H2,1-4H3/t14-,15-/m0/s1. The van der Waals surface area contributed by atoms with Crippen LogP contribution in [0, 0.1) is 31.1 Å². The van der Waals surface area contributed by atoms with Crippen LogP contribution < -0.4 is 0 Å². The number of hydrogen-bond donors (Lipinski definition) is 0. The Morgan fingerprint density at radius 3 is 2.82 bits per heavy atom. The molecule has 1 heterocycles. The van der Waals surface area contributed by atoms with E-state index in [2.05, 4.69) is 29.9 Å². The first kappa shape index (κ1) is 15.2. The molecule has 118 valence electrons. The lowest BCUT2D eigenvalue weighted by atomic mass is 9.48. The van der Waals surface area contributed by atoms with Crippen LogP contribution in [0.1, 0.15) is 54.9 Å². The Labute approximate surface area is 132 Å². The Morgan fingerprint density at radius 1 is 1.36 bits per heavy atom. The second-order valence-electron chi connectivity index (χ2n) is 7.14. The summed E-state index contributed by atoms with van der Waals surface area (Å²) in [7, 11) is 0. The number of fused-ring (bicyclic) bond motifs is 1. The van der Waals surface area contributed by atoms with Gasteiger partial charge in [0, 0.05) is 17.7 Å². The minimum absolute atomic E-state index is 0.342. The van der Waals surface area contributed by atoms with Crippen LogP contribution in [0.4, 0.5) is 0 Å². The molecule has 0 amide bonds. The normalized spacial score (nSPS) is 25.2. The quantitative estimate of drug-likeness (QED) is 0.629. The van der Waals surface area contributed by atoms with E-state index < -0.39 is 0 Å². The van der Waals surface area contributed by atoms with Gasteiger partial charge < -0.3 is 4.74 Å². The summed E-state index contributed by atoms with van der Waals surface area (Å²) in [4.78, 5) is 20.3. The van der Waals surface area contributed by atoms with Gasteiger partial charge in [-0.05, 0) is 43.9 Å². The second kappa shape index (κ2) is 5.49. The number of allylic oxidation sites excluding steroid dienone is 1. The largest absolute Gasteiger partial charge is 0.461 e. The van der Waals surface area contributed by atoms with Crippen molar-refractivity contribution in [1.82, 2.24) is 9.97 Å². The number of carbonyl (C=O) groups excluding carboxylic acids is 1. The summed E-state index contributed by atoms with van der Waals surface area (Å²) in [6.45, 7) is 8.88. The predicted molar refractivity (Wildman–Crippen MR) is 84.5 cm³/mol. The van der Waals surface area contributed by atoms with Crippen molar-refractivity contribution in [2.45, 2.75) is 47.0 Å². The van der Waals surface area contributed by atoms with E-state index in [0.29, 0.717) is 23.6 Å². The summed E-state index contributed by atoms with van der Waals surface area (Å²) in [6, 6.07) is 0. The maximum Gasteiger partial charge on any atom is 0.357 e. The lowest BCUT2D eigenvalue weighted by Crippen LogP contribution is -2.48. The van der Waals surface area contributed by atoms with Gasteiger partial charge in [0.1, 0.15) is 6.33 Å². The second-order valence-corrected chi connectivity index (χ2v) is 7.14. The molecule has 2 bridgehead atoms. The highest BCUT2D eigenvalue weighted by molar-refractivity contribution is 5.88. The van der Waals surface area contributed by atoms with Crippen molar-refractivity contribution in [1.29, 1.82) is 0 Å². The van der Waals surface area contributed by atoms with Gasteiger partial charge in [0.25, 0.3) is 0 Å². The van der Waals surface area contributed by atoms with Crippen molar-refractivity contribution in [3.63, 3.8) is 0 Å². The molecule has 4 heteroatoms. The molecule has 1 aromatic rings. The minimum atomic E-state index is -0.342. The average molecular weight is 300 g/mol. The van der Waals surface area contributed by atoms with Crippen LogP contribution in [0.15, 0.2) is 18.0 Å². The Balaban J connectivity index is 1.57. The van der Waals surface area contributed by atoms with Gasteiger partial charge in [-0.15, -0.1) is 0 Å². The molecule has 1 saturated carbocycles. The first-order chi connectivity index (χ1) is 10.4. The van der Waals surface area contributed by atoms with E-state index >= 15 is 0 Å². The summed E-state index contributed by atoms with van der Waals surface area (Å²) in [6.07, 6.45) is 7.10. The van der Waals surface area contributed by atoms with Crippen LogP contribution in [0.2, 0.25) is 0 Å². The van der Waals surface area contributed by atoms with Gasteiger partial charge in [-0.2, -0.15) is 0 Å². The van der Waals surface area contributed by atoms with Crippen molar-refractivity contribution in [3.05, 3.63) is 34.9 Å². The maximum absolute atomic E-state index is 12.1. The number of carbonyl (C=O) groups is 1. The van der Waals surface area contributed by atoms with Gasteiger partial charge in [0.15, 0.2) is 5.69 Å². The molecule has 0 spiro atoms. The van der Waals surface area contributed by atoms with Crippen molar-refractivity contribution >= 4 is 5.97 Å². The van der Waals surface area contributed by atoms with E-state index in [1.165, 1.54) is 24.7 Å². The molecule has 4 rings (SSSR count). The van der Waals surface area contributed by atoms with Gasteiger partial charge in [-0.1, -0.05) is 25.5 Å². The van der Waals surface area contributed by atoms with E-state index in [1.807, 2.05) is 13.8 Å². The number of nitrogens with zero attached hydrogens (tertiary/aromatic N) is 2. The molecule has 0 unspecified atom stereocenters. The highest BCUT2D eigenvalue weighted by Gasteiger charge is 2.50. The Hall–Kier alpha value is -1.71. The molecule has 0 N–H and O–H groups in total. The van der Waals surface area contributed by atoms with Crippen molar-refractivity contribution < 1.29 is 9.53 Å². The van der Waals surface area contributed by atoms with Gasteiger partial charge in [-0.3, -0.25) is 0 Å². The summed E-state index contributed by atoms with van der Waals surface area (Å²) in [5.74, 6) is 1.17. The molecule has 3 aliphatic carbocycles. The third-order valence-electron chi connectivity index (χ3n) is 5.74. The van der Waals surface area contributed by atoms with Gasteiger partial charge in [-0.25, -0.2) is 14.8 Å². The fraction of sp³-hybridized carbons (Fsp3) is 0.611. The Kier molecular flexibility index (Phi) is 3.79. The first-order valence-electron chi connectivity index (χ1n) is 8.05. The summed E-state index contributed by atoms with van der Waals surface area (Å²) >= 11 is 0. The highest BCUT2D eigenvalue weighted by Crippen LogP contribution is 2.59. The molecule has 3 aliphatic rings. The molecule has 1 aromatic heterocycles. The molecule has 0 aromatic carbocycles. The molecule has 22 heavy (non-hydrogen) atoms. The van der Waals surface area contributed by atoms with Gasteiger partial charge in [0.05, 0.1) is 6.61 Å². The molecular formula is C18H24N2O2. The first-order valence-corrected chi connectivity index (χ1v) is 8.05. The zero-order chi connectivity index (χ0) is 15.9. The number of ether oxygens (including phenoxy) is 1. The maximum atomic E-state index is 12.1. The van der Waals surface area contributed by atoms with Crippen LogP contribution in [0.5, 0.6) is 0 Å². The summed E-state index contributed by atoms with van der Waals surface area (Å²) in [5, 5.41) is 0. The molecule has 2 atom stereocenters. The summed E-state index contributed by atoms with van der Waals surface area (Å²) in [5.41, 5.74) is 3.89. The monoisotopic (exact) mass is 300 g/mol. The number of aromatic nitrogens is 2. The van der Waals surface area contributed by atoms with Crippen molar-refractivity contribution in [2.24, 2.45) is 17.3 Å². The van der Waals surface area contributed by atoms with Crippen LogP contribution in [0.25, 0.3) is 0 Å². The molecule has 0 radical (unpaired) electrons. The minimum Gasteiger partial charge on any atom is -0.461 e.